The molecule has 0 aromatic rings. The van der Waals surface area contributed by atoms with Crippen LogP contribution >= 0.6 is 0 Å². The van der Waals surface area contributed by atoms with Crippen LogP contribution in [0.5, 0.6) is 0 Å². The topological polar surface area (TPSA) is 21.3 Å². The van der Waals surface area contributed by atoms with Gasteiger partial charge < -0.3 is 10.1 Å². The van der Waals surface area contributed by atoms with Crippen molar-refractivity contribution in [3.63, 3.8) is 0 Å². The van der Waals surface area contributed by atoms with Crippen molar-refractivity contribution in [3.05, 3.63) is 0 Å². The van der Waals surface area contributed by atoms with E-state index >= 15 is 0 Å². The fourth-order valence-electron chi connectivity index (χ4n) is 2.18. The first kappa shape index (κ1) is 15.9. The van der Waals surface area contributed by atoms with E-state index in [-0.39, 0.29) is 5.60 Å². The fraction of sp³-hybridized carbons (Fsp3) is 1.00. The summed E-state index contributed by atoms with van der Waals surface area (Å²) in [5.41, 5.74) is -0.0117. The molecule has 2 atom stereocenters. The number of unbranched alkanes of at least 4 members (excludes halogenated alkanes) is 3. The fourth-order valence-corrected chi connectivity index (χ4v) is 2.18. The summed E-state index contributed by atoms with van der Waals surface area (Å²) in [5, 5.41) is 3.58. The van der Waals surface area contributed by atoms with Crippen molar-refractivity contribution in [2.75, 3.05) is 13.7 Å². The van der Waals surface area contributed by atoms with E-state index in [1.54, 1.807) is 0 Å². The van der Waals surface area contributed by atoms with Crippen molar-refractivity contribution in [2.45, 2.75) is 77.9 Å². The summed E-state index contributed by atoms with van der Waals surface area (Å²) in [6, 6.07) is 0.490. The smallest absolute Gasteiger partial charge is 0.0800 e. The number of hydrogen-bond acceptors (Lipinski definition) is 2. The van der Waals surface area contributed by atoms with Crippen molar-refractivity contribution >= 4 is 0 Å². The van der Waals surface area contributed by atoms with Gasteiger partial charge in [-0.2, -0.15) is 0 Å². The van der Waals surface area contributed by atoms with Gasteiger partial charge in [-0.25, -0.2) is 0 Å². The lowest BCUT2D eigenvalue weighted by Gasteiger charge is -2.36. The maximum Gasteiger partial charge on any atom is 0.0800 e. The van der Waals surface area contributed by atoms with Crippen LogP contribution in [-0.2, 0) is 4.74 Å². The number of nitrogens with one attached hydrogen (secondary N) is 1. The molecule has 2 nitrogen and oxygen atoms in total. The molecule has 0 aliphatic heterocycles. The van der Waals surface area contributed by atoms with Gasteiger partial charge in [-0.05, 0) is 26.3 Å². The summed E-state index contributed by atoms with van der Waals surface area (Å²) >= 11 is 0. The molecular formula is C14H31NO. The van der Waals surface area contributed by atoms with Crippen LogP contribution in [0.3, 0.4) is 0 Å². The van der Waals surface area contributed by atoms with E-state index in [0.29, 0.717) is 6.04 Å². The molecule has 0 saturated carbocycles. The number of hydrogen-bond donors (Lipinski definition) is 1. The molecular weight excluding hydrogens is 198 g/mol. The summed E-state index contributed by atoms with van der Waals surface area (Å²) in [4.78, 5) is 0. The van der Waals surface area contributed by atoms with E-state index < -0.39 is 0 Å². The molecule has 98 valence electrons. The molecule has 0 aromatic heterocycles. The van der Waals surface area contributed by atoms with Crippen LogP contribution < -0.4 is 5.32 Å². The summed E-state index contributed by atoms with van der Waals surface area (Å²) in [5.74, 6) is 0. The van der Waals surface area contributed by atoms with Gasteiger partial charge in [0.15, 0.2) is 0 Å². The number of likely N-dealkylation sites (N-methyl/N-ethyl adjacent to an activating group) is 1. The van der Waals surface area contributed by atoms with Gasteiger partial charge in [0.05, 0.1) is 5.60 Å². The van der Waals surface area contributed by atoms with Crippen LogP contribution in [0.25, 0.3) is 0 Å². The second-order valence-corrected chi connectivity index (χ2v) is 4.83. The lowest BCUT2D eigenvalue weighted by atomic mass is 9.89. The Bertz CT molecular complexity index is 155. The highest BCUT2D eigenvalue weighted by molar-refractivity contribution is 4.88. The van der Waals surface area contributed by atoms with Crippen molar-refractivity contribution < 1.29 is 4.74 Å². The van der Waals surface area contributed by atoms with Crippen molar-refractivity contribution in [1.82, 2.24) is 5.32 Å². The van der Waals surface area contributed by atoms with Gasteiger partial charge in [0.2, 0.25) is 0 Å². The molecule has 0 spiro atoms. The molecule has 0 heterocycles. The van der Waals surface area contributed by atoms with Gasteiger partial charge in [-0.1, -0.05) is 46.5 Å². The normalized spacial score (nSPS) is 17.1. The number of ether oxygens (including phenoxy) is 1. The zero-order valence-corrected chi connectivity index (χ0v) is 11.9. The van der Waals surface area contributed by atoms with Gasteiger partial charge in [-0.15, -0.1) is 0 Å². The van der Waals surface area contributed by atoms with Crippen molar-refractivity contribution in [2.24, 2.45) is 0 Å². The van der Waals surface area contributed by atoms with Gasteiger partial charge >= 0.3 is 0 Å². The molecule has 2 heteroatoms. The highest BCUT2D eigenvalue weighted by Gasteiger charge is 2.31. The molecule has 0 bridgehead atoms. The minimum absolute atomic E-state index is 0.0117. The lowest BCUT2D eigenvalue weighted by Crippen LogP contribution is -2.49. The first-order valence-electron chi connectivity index (χ1n) is 6.93. The van der Waals surface area contributed by atoms with Crippen molar-refractivity contribution in [1.29, 1.82) is 0 Å². The first-order valence-corrected chi connectivity index (χ1v) is 6.93. The Morgan fingerprint density at radius 3 is 2.25 bits per heavy atom. The van der Waals surface area contributed by atoms with E-state index in [1.165, 1.54) is 32.1 Å². The van der Waals surface area contributed by atoms with Crippen LogP contribution in [-0.4, -0.2) is 25.3 Å². The second-order valence-electron chi connectivity index (χ2n) is 4.83. The maximum atomic E-state index is 5.70. The molecule has 0 amide bonds. The minimum atomic E-state index is -0.0117. The highest BCUT2D eigenvalue weighted by atomic mass is 16.5. The molecule has 2 unspecified atom stereocenters. The third-order valence-corrected chi connectivity index (χ3v) is 3.70. The van der Waals surface area contributed by atoms with Crippen LogP contribution in [0.4, 0.5) is 0 Å². The lowest BCUT2D eigenvalue weighted by molar-refractivity contribution is -0.0312. The Balaban J connectivity index is 4.13. The predicted octanol–water partition coefficient (Wildman–Crippen LogP) is 3.75. The first-order chi connectivity index (χ1) is 7.64. The maximum absolute atomic E-state index is 5.70. The Morgan fingerprint density at radius 1 is 1.12 bits per heavy atom. The Labute approximate surface area is 102 Å². The van der Waals surface area contributed by atoms with E-state index in [1.807, 2.05) is 7.11 Å². The highest BCUT2D eigenvalue weighted by Crippen LogP contribution is 2.23. The third-order valence-electron chi connectivity index (χ3n) is 3.70. The number of rotatable bonds is 10. The molecule has 0 aromatic carbocycles. The van der Waals surface area contributed by atoms with Crippen LogP contribution in [0.15, 0.2) is 0 Å². The second kappa shape index (κ2) is 9.00. The summed E-state index contributed by atoms with van der Waals surface area (Å²) in [6.07, 6.45) is 7.61. The Kier molecular flexibility index (Phi) is 8.96. The molecule has 0 rings (SSSR count). The molecule has 0 saturated heterocycles. The van der Waals surface area contributed by atoms with Crippen LogP contribution in [0, 0.1) is 0 Å². The van der Waals surface area contributed by atoms with Gasteiger partial charge in [0.1, 0.15) is 0 Å². The average Bonchev–Trinajstić information content (AvgIpc) is 2.32. The van der Waals surface area contributed by atoms with Gasteiger partial charge in [0.25, 0.3) is 0 Å². The molecule has 0 aliphatic rings. The minimum Gasteiger partial charge on any atom is -0.377 e. The summed E-state index contributed by atoms with van der Waals surface area (Å²) < 4.78 is 5.70. The van der Waals surface area contributed by atoms with E-state index in [4.69, 9.17) is 4.74 Å². The Hall–Kier alpha value is -0.0800. The van der Waals surface area contributed by atoms with Gasteiger partial charge in [-0.3, -0.25) is 0 Å². The van der Waals surface area contributed by atoms with E-state index in [2.05, 4.69) is 33.0 Å². The Morgan fingerprint density at radius 2 is 1.81 bits per heavy atom. The van der Waals surface area contributed by atoms with Gasteiger partial charge in [0, 0.05) is 13.2 Å². The molecule has 1 N–H and O–H groups in total. The third kappa shape index (κ3) is 5.31. The largest absolute Gasteiger partial charge is 0.377 e. The SMILES string of the molecule is CCCCCCC(NCC)C(C)(CC)OC. The van der Waals surface area contributed by atoms with Crippen LogP contribution in [0.2, 0.25) is 0 Å². The summed E-state index contributed by atoms with van der Waals surface area (Å²) in [7, 11) is 1.83. The molecule has 0 radical (unpaired) electrons. The van der Waals surface area contributed by atoms with E-state index in [0.717, 1.165) is 13.0 Å². The standard InChI is InChI=1S/C14H31NO/c1-6-9-10-11-12-13(15-8-3)14(4,7-2)16-5/h13,15H,6-12H2,1-5H3. The average molecular weight is 229 g/mol. The summed E-state index contributed by atoms with van der Waals surface area (Å²) in [6.45, 7) is 9.88. The number of methoxy groups -OCH3 is 1. The predicted molar refractivity (Wildman–Crippen MR) is 71.9 cm³/mol. The van der Waals surface area contributed by atoms with Crippen LogP contribution in [0.1, 0.15) is 66.2 Å². The zero-order chi connectivity index (χ0) is 12.4. The quantitative estimate of drug-likeness (QED) is 0.576. The molecule has 16 heavy (non-hydrogen) atoms. The zero-order valence-electron chi connectivity index (χ0n) is 11.9. The molecule has 0 fully saturated rings. The molecule has 0 aliphatic carbocycles. The van der Waals surface area contributed by atoms with Crippen molar-refractivity contribution in [3.8, 4) is 0 Å². The van der Waals surface area contributed by atoms with E-state index in [9.17, 15) is 0 Å². The monoisotopic (exact) mass is 229 g/mol.